The van der Waals surface area contributed by atoms with E-state index in [2.05, 4.69) is 46.1 Å². The van der Waals surface area contributed by atoms with Gasteiger partial charge in [-0.25, -0.2) is 0 Å². The molecule has 2 aromatic heterocycles. The number of carbonyl (C=O) groups excluding carboxylic acids is 1. The Bertz CT molecular complexity index is 985. The molecule has 3 nitrogen and oxygen atoms in total. The highest BCUT2D eigenvalue weighted by atomic mass is 16.1. The molecule has 0 aliphatic rings. The summed E-state index contributed by atoms with van der Waals surface area (Å²) in [5.41, 5.74) is 4.23. The van der Waals surface area contributed by atoms with Crippen LogP contribution in [0.3, 0.4) is 0 Å². The number of aromatic nitrogens is 2. The lowest BCUT2D eigenvalue weighted by Crippen LogP contribution is -1.92. The molecule has 0 radical (unpaired) electrons. The van der Waals surface area contributed by atoms with Crippen molar-refractivity contribution in [3.8, 4) is 5.69 Å². The van der Waals surface area contributed by atoms with Crippen LogP contribution in [0.15, 0.2) is 67.0 Å². The molecule has 2 aromatic carbocycles. The molecule has 106 valence electrons. The van der Waals surface area contributed by atoms with Crippen LogP contribution in [0, 0.1) is 0 Å². The number of carbonyl (C=O) groups is 1. The van der Waals surface area contributed by atoms with Crippen LogP contribution in [0.1, 0.15) is 5.56 Å². The normalized spacial score (nSPS) is 11.1. The number of hydrogen-bond donors (Lipinski definition) is 0. The van der Waals surface area contributed by atoms with Gasteiger partial charge in [-0.3, -0.25) is 4.98 Å². The third kappa shape index (κ3) is 1.99. The van der Waals surface area contributed by atoms with Crippen LogP contribution in [0.4, 0.5) is 0 Å². The van der Waals surface area contributed by atoms with Crippen molar-refractivity contribution in [3.63, 3.8) is 0 Å². The molecule has 4 aromatic rings. The minimum absolute atomic E-state index is 0.433. The van der Waals surface area contributed by atoms with Crippen molar-refractivity contribution in [2.45, 2.75) is 6.42 Å². The highest BCUT2D eigenvalue weighted by molar-refractivity contribution is 5.88. The van der Waals surface area contributed by atoms with E-state index in [0.29, 0.717) is 6.42 Å². The Labute approximate surface area is 127 Å². The van der Waals surface area contributed by atoms with Gasteiger partial charge in [0, 0.05) is 35.3 Å². The molecule has 0 unspecified atom stereocenters. The largest absolute Gasteiger partial charge is 0.316 e. The second-order valence-electron chi connectivity index (χ2n) is 5.29. The molecule has 0 fully saturated rings. The summed E-state index contributed by atoms with van der Waals surface area (Å²) < 4.78 is 2.14. The second-order valence-corrected chi connectivity index (χ2v) is 5.29. The molecule has 0 aliphatic carbocycles. The number of pyridine rings is 1. The van der Waals surface area contributed by atoms with E-state index in [9.17, 15) is 4.79 Å². The van der Waals surface area contributed by atoms with E-state index in [-0.39, 0.29) is 0 Å². The first-order valence-electron chi connectivity index (χ1n) is 7.24. The molecule has 0 atom stereocenters. The van der Waals surface area contributed by atoms with Gasteiger partial charge in [-0.2, -0.15) is 0 Å². The Morgan fingerprint density at radius 3 is 2.86 bits per heavy atom. The van der Waals surface area contributed by atoms with Gasteiger partial charge in [0.25, 0.3) is 0 Å². The topological polar surface area (TPSA) is 34.9 Å². The zero-order valence-electron chi connectivity index (χ0n) is 11.9. The van der Waals surface area contributed by atoms with Crippen molar-refractivity contribution in [2.75, 3.05) is 0 Å². The van der Waals surface area contributed by atoms with Crippen LogP contribution in [0.5, 0.6) is 0 Å². The first kappa shape index (κ1) is 12.8. The van der Waals surface area contributed by atoms with E-state index < -0.39 is 0 Å². The van der Waals surface area contributed by atoms with Crippen LogP contribution >= 0.6 is 0 Å². The molecule has 0 N–H and O–H groups in total. The van der Waals surface area contributed by atoms with Gasteiger partial charge in [-0.15, -0.1) is 0 Å². The quantitative estimate of drug-likeness (QED) is 0.535. The van der Waals surface area contributed by atoms with E-state index >= 15 is 0 Å². The lowest BCUT2D eigenvalue weighted by molar-refractivity contribution is -0.107. The van der Waals surface area contributed by atoms with Gasteiger partial charge < -0.3 is 9.36 Å². The van der Waals surface area contributed by atoms with E-state index in [4.69, 9.17) is 0 Å². The van der Waals surface area contributed by atoms with Crippen molar-refractivity contribution in [1.82, 2.24) is 9.55 Å². The monoisotopic (exact) mass is 286 g/mol. The van der Waals surface area contributed by atoms with E-state index in [1.54, 1.807) is 6.20 Å². The summed E-state index contributed by atoms with van der Waals surface area (Å²) >= 11 is 0. The minimum atomic E-state index is 0.433. The molecule has 2 heterocycles. The number of para-hydroxylation sites is 1. The molecule has 0 amide bonds. The fraction of sp³-hybridized carbons (Fsp3) is 0.0526. The van der Waals surface area contributed by atoms with Gasteiger partial charge in [0.1, 0.15) is 6.29 Å². The maximum atomic E-state index is 10.9. The average Bonchev–Trinajstić information content (AvgIpc) is 2.94. The fourth-order valence-corrected chi connectivity index (χ4v) is 2.93. The molecule has 0 aliphatic heterocycles. The molecular formula is C19H14N2O. The molecule has 0 saturated heterocycles. The summed E-state index contributed by atoms with van der Waals surface area (Å²) in [5.74, 6) is 0. The molecule has 22 heavy (non-hydrogen) atoms. The van der Waals surface area contributed by atoms with Crippen molar-refractivity contribution in [2.24, 2.45) is 0 Å². The van der Waals surface area contributed by atoms with Gasteiger partial charge in [0.05, 0.1) is 11.0 Å². The van der Waals surface area contributed by atoms with Crippen molar-refractivity contribution < 1.29 is 4.79 Å². The second kappa shape index (κ2) is 5.11. The summed E-state index contributed by atoms with van der Waals surface area (Å²) in [4.78, 5) is 15.3. The van der Waals surface area contributed by atoms with E-state index in [0.717, 1.165) is 39.3 Å². The van der Waals surface area contributed by atoms with Gasteiger partial charge in [0.2, 0.25) is 0 Å². The molecule has 0 spiro atoms. The summed E-state index contributed by atoms with van der Waals surface area (Å²) in [7, 11) is 0. The van der Waals surface area contributed by atoms with Crippen LogP contribution in [0.2, 0.25) is 0 Å². The van der Waals surface area contributed by atoms with Crippen LogP contribution < -0.4 is 0 Å². The number of hydrogen-bond acceptors (Lipinski definition) is 2. The van der Waals surface area contributed by atoms with Crippen LogP contribution in [0.25, 0.3) is 27.5 Å². The lowest BCUT2D eigenvalue weighted by Gasteiger charge is -2.06. The summed E-state index contributed by atoms with van der Waals surface area (Å²) in [6, 6.07) is 18.4. The smallest absolute Gasteiger partial charge is 0.124 e. The van der Waals surface area contributed by atoms with Crippen LogP contribution in [-0.4, -0.2) is 15.8 Å². The van der Waals surface area contributed by atoms with Crippen molar-refractivity contribution in [3.05, 3.63) is 72.6 Å². The van der Waals surface area contributed by atoms with E-state index in [1.165, 1.54) is 0 Å². The zero-order valence-corrected chi connectivity index (χ0v) is 11.9. The lowest BCUT2D eigenvalue weighted by atomic mass is 10.1. The Morgan fingerprint density at radius 2 is 1.95 bits per heavy atom. The van der Waals surface area contributed by atoms with Crippen molar-refractivity contribution in [1.29, 1.82) is 0 Å². The molecule has 0 bridgehead atoms. The molecule has 4 rings (SSSR count). The van der Waals surface area contributed by atoms with Gasteiger partial charge in [-0.05, 0) is 35.9 Å². The SMILES string of the molecule is O=CCc1cn(-c2ccc3ncccc3c2)c2ccccc12. The maximum Gasteiger partial charge on any atom is 0.124 e. The predicted molar refractivity (Wildman–Crippen MR) is 88.3 cm³/mol. The third-order valence-electron chi connectivity index (χ3n) is 3.96. The first-order valence-corrected chi connectivity index (χ1v) is 7.24. The Kier molecular flexibility index (Phi) is 2.97. The molecule has 0 saturated carbocycles. The number of nitrogens with zero attached hydrogens (tertiary/aromatic N) is 2. The standard InChI is InChI=1S/C19H14N2O/c22-11-9-15-13-21(19-6-2-1-5-17(15)19)16-7-8-18-14(12-16)4-3-10-20-18/h1-8,10-13H,9H2. The summed E-state index contributed by atoms with van der Waals surface area (Å²) in [6.45, 7) is 0. The number of benzene rings is 2. The summed E-state index contributed by atoms with van der Waals surface area (Å²) in [6.07, 6.45) is 5.24. The average molecular weight is 286 g/mol. The minimum Gasteiger partial charge on any atom is -0.316 e. The Morgan fingerprint density at radius 1 is 1.05 bits per heavy atom. The highest BCUT2D eigenvalue weighted by Crippen LogP contribution is 2.26. The van der Waals surface area contributed by atoms with Gasteiger partial charge >= 0.3 is 0 Å². The molecule has 3 heteroatoms. The number of rotatable bonds is 3. The van der Waals surface area contributed by atoms with Crippen molar-refractivity contribution >= 4 is 28.1 Å². The molecular weight excluding hydrogens is 272 g/mol. The fourth-order valence-electron chi connectivity index (χ4n) is 2.93. The Hall–Kier alpha value is -2.94. The maximum absolute atomic E-state index is 10.9. The number of fused-ring (bicyclic) bond motifs is 2. The van der Waals surface area contributed by atoms with E-state index in [1.807, 2.05) is 24.3 Å². The van der Waals surface area contributed by atoms with Gasteiger partial charge in [-0.1, -0.05) is 24.3 Å². The van der Waals surface area contributed by atoms with Gasteiger partial charge in [0.15, 0.2) is 0 Å². The number of aldehydes is 1. The Balaban J connectivity index is 1.97. The highest BCUT2D eigenvalue weighted by Gasteiger charge is 2.09. The zero-order chi connectivity index (χ0) is 14.9. The van der Waals surface area contributed by atoms with Crippen LogP contribution in [-0.2, 0) is 11.2 Å². The first-order chi connectivity index (χ1) is 10.9. The summed E-state index contributed by atoms with van der Waals surface area (Å²) in [5, 5.41) is 2.23. The third-order valence-corrected chi connectivity index (χ3v) is 3.96. The predicted octanol–water partition coefficient (Wildman–Crippen LogP) is 3.92.